The molecule has 0 radical (unpaired) electrons. The van der Waals surface area contributed by atoms with Gasteiger partial charge in [0.05, 0.1) is 0 Å². The van der Waals surface area contributed by atoms with E-state index in [0.717, 1.165) is 24.0 Å². The van der Waals surface area contributed by atoms with Gasteiger partial charge in [-0.2, -0.15) is 0 Å². The molecule has 1 aliphatic rings. The quantitative estimate of drug-likeness (QED) is 0.889. The summed E-state index contributed by atoms with van der Waals surface area (Å²) >= 11 is 3.36. The van der Waals surface area contributed by atoms with Crippen LogP contribution in [0.25, 0.3) is 0 Å². The number of hydrogen-bond donors (Lipinski definition) is 2. The van der Waals surface area contributed by atoms with E-state index in [4.69, 9.17) is 4.74 Å². The summed E-state index contributed by atoms with van der Waals surface area (Å²) in [6.07, 6.45) is 1.10. The van der Waals surface area contributed by atoms with Crippen molar-refractivity contribution in [2.45, 2.75) is 19.4 Å². The standard InChI is InChI=1S/C14H19BrN2O2/c1-10-6-7-16-8-13(10)17-14(18)9-19-12-4-2-11(15)3-5-12/h2-5,10,13,16H,6-9H2,1H3,(H,17,18). The minimum atomic E-state index is -0.0662. The van der Waals surface area contributed by atoms with Crippen molar-refractivity contribution in [3.05, 3.63) is 28.7 Å². The van der Waals surface area contributed by atoms with E-state index >= 15 is 0 Å². The topological polar surface area (TPSA) is 50.4 Å². The summed E-state index contributed by atoms with van der Waals surface area (Å²) in [6.45, 7) is 4.10. The third-order valence-corrected chi connectivity index (χ3v) is 3.89. The van der Waals surface area contributed by atoms with Crippen molar-refractivity contribution in [3.8, 4) is 5.75 Å². The fraction of sp³-hybridized carbons (Fsp3) is 0.500. The van der Waals surface area contributed by atoms with Gasteiger partial charge in [-0.25, -0.2) is 0 Å². The van der Waals surface area contributed by atoms with Gasteiger partial charge >= 0.3 is 0 Å². The van der Waals surface area contributed by atoms with Crippen LogP contribution in [-0.4, -0.2) is 31.6 Å². The first-order valence-corrected chi connectivity index (χ1v) is 7.33. The molecule has 104 valence electrons. The molecule has 1 saturated heterocycles. The molecule has 2 rings (SSSR count). The first-order valence-electron chi connectivity index (χ1n) is 6.53. The highest BCUT2D eigenvalue weighted by Crippen LogP contribution is 2.16. The smallest absolute Gasteiger partial charge is 0.258 e. The van der Waals surface area contributed by atoms with Crippen molar-refractivity contribution >= 4 is 21.8 Å². The van der Waals surface area contributed by atoms with Gasteiger partial charge < -0.3 is 15.4 Å². The zero-order valence-electron chi connectivity index (χ0n) is 11.0. The molecule has 5 heteroatoms. The zero-order valence-corrected chi connectivity index (χ0v) is 12.6. The van der Waals surface area contributed by atoms with Gasteiger partial charge in [-0.15, -0.1) is 0 Å². The van der Waals surface area contributed by atoms with E-state index in [1.165, 1.54) is 0 Å². The second-order valence-corrected chi connectivity index (χ2v) is 5.80. The van der Waals surface area contributed by atoms with Gasteiger partial charge in [0.15, 0.2) is 6.61 Å². The van der Waals surface area contributed by atoms with Gasteiger partial charge in [-0.3, -0.25) is 4.79 Å². The molecule has 2 atom stereocenters. The van der Waals surface area contributed by atoms with Crippen LogP contribution in [0.15, 0.2) is 28.7 Å². The van der Waals surface area contributed by atoms with Crippen LogP contribution in [0.1, 0.15) is 13.3 Å². The Labute approximate surface area is 122 Å². The molecule has 2 N–H and O–H groups in total. The van der Waals surface area contributed by atoms with Crippen molar-refractivity contribution in [2.24, 2.45) is 5.92 Å². The molecule has 0 aromatic heterocycles. The van der Waals surface area contributed by atoms with Crippen molar-refractivity contribution in [3.63, 3.8) is 0 Å². The largest absolute Gasteiger partial charge is 0.484 e. The number of nitrogens with one attached hydrogen (secondary N) is 2. The minimum absolute atomic E-state index is 0.0604. The molecule has 0 saturated carbocycles. The molecule has 1 heterocycles. The normalized spacial score (nSPS) is 22.8. The van der Waals surface area contributed by atoms with Crippen LogP contribution in [0.5, 0.6) is 5.75 Å². The highest BCUT2D eigenvalue weighted by atomic mass is 79.9. The lowest BCUT2D eigenvalue weighted by atomic mass is 9.95. The number of carbonyl (C=O) groups is 1. The molecule has 0 bridgehead atoms. The van der Waals surface area contributed by atoms with Gasteiger partial charge in [0.25, 0.3) is 5.91 Å². The van der Waals surface area contributed by atoms with Crippen LogP contribution in [0.4, 0.5) is 0 Å². The predicted octanol–water partition coefficient (Wildman–Crippen LogP) is 1.94. The third-order valence-electron chi connectivity index (χ3n) is 3.36. The SMILES string of the molecule is CC1CCNCC1NC(=O)COc1ccc(Br)cc1. The zero-order chi connectivity index (χ0) is 13.7. The van der Waals surface area contributed by atoms with Crippen LogP contribution >= 0.6 is 15.9 Å². The Bertz CT molecular complexity index is 422. The summed E-state index contributed by atoms with van der Waals surface area (Å²) < 4.78 is 6.44. The van der Waals surface area contributed by atoms with E-state index < -0.39 is 0 Å². The Morgan fingerprint density at radius 3 is 2.89 bits per heavy atom. The number of carbonyl (C=O) groups excluding carboxylic acids is 1. The number of hydrogen-bond acceptors (Lipinski definition) is 3. The Balaban J connectivity index is 1.76. The maximum absolute atomic E-state index is 11.8. The van der Waals surface area contributed by atoms with E-state index in [1.54, 1.807) is 0 Å². The number of benzene rings is 1. The van der Waals surface area contributed by atoms with E-state index in [1.807, 2.05) is 24.3 Å². The van der Waals surface area contributed by atoms with E-state index in [0.29, 0.717) is 11.7 Å². The summed E-state index contributed by atoms with van der Waals surface area (Å²) in [7, 11) is 0. The molecule has 19 heavy (non-hydrogen) atoms. The number of ether oxygens (including phenoxy) is 1. The number of piperidine rings is 1. The molecule has 1 aliphatic heterocycles. The number of amides is 1. The summed E-state index contributed by atoms with van der Waals surface area (Å²) in [5, 5.41) is 6.30. The van der Waals surface area contributed by atoms with E-state index in [9.17, 15) is 4.79 Å². The van der Waals surface area contributed by atoms with Gasteiger partial charge in [-0.1, -0.05) is 22.9 Å². The molecule has 2 unspecified atom stereocenters. The summed E-state index contributed by atoms with van der Waals surface area (Å²) in [6, 6.07) is 7.65. The molecule has 0 aliphatic carbocycles. The minimum Gasteiger partial charge on any atom is -0.484 e. The Kier molecular flexibility index (Phi) is 5.22. The number of rotatable bonds is 4. The highest BCUT2D eigenvalue weighted by molar-refractivity contribution is 9.10. The van der Waals surface area contributed by atoms with Gasteiger partial charge in [0.1, 0.15) is 5.75 Å². The summed E-state index contributed by atoms with van der Waals surface area (Å²) in [5.41, 5.74) is 0. The molecule has 1 aromatic carbocycles. The van der Waals surface area contributed by atoms with E-state index in [2.05, 4.69) is 33.5 Å². The van der Waals surface area contributed by atoms with Crippen molar-refractivity contribution in [2.75, 3.05) is 19.7 Å². The van der Waals surface area contributed by atoms with Crippen LogP contribution in [0.3, 0.4) is 0 Å². The lowest BCUT2D eigenvalue weighted by Crippen LogP contribution is -2.51. The van der Waals surface area contributed by atoms with Gasteiger partial charge in [-0.05, 0) is 43.1 Å². The molecule has 0 spiro atoms. The molecular formula is C14H19BrN2O2. The van der Waals surface area contributed by atoms with E-state index in [-0.39, 0.29) is 18.6 Å². The maximum atomic E-state index is 11.8. The van der Waals surface area contributed by atoms with Crippen LogP contribution < -0.4 is 15.4 Å². The Morgan fingerprint density at radius 1 is 1.47 bits per heavy atom. The Hall–Kier alpha value is -1.07. The average molecular weight is 327 g/mol. The highest BCUT2D eigenvalue weighted by Gasteiger charge is 2.22. The average Bonchev–Trinajstić information content (AvgIpc) is 2.41. The van der Waals surface area contributed by atoms with Crippen LogP contribution in [0.2, 0.25) is 0 Å². The third kappa shape index (κ3) is 4.51. The second-order valence-electron chi connectivity index (χ2n) is 4.89. The molecule has 1 aromatic rings. The monoisotopic (exact) mass is 326 g/mol. The fourth-order valence-corrected chi connectivity index (χ4v) is 2.38. The lowest BCUT2D eigenvalue weighted by molar-refractivity contribution is -0.124. The predicted molar refractivity (Wildman–Crippen MR) is 78.2 cm³/mol. The first-order chi connectivity index (χ1) is 9.15. The molecular weight excluding hydrogens is 308 g/mol. The van der Waals surface area contributed by atoms with Crippen molar-refractivity contribution in [1.82, 2.24) is 10.6 Å². The first kappa shape index (κ1) is 14.3. The van der Waals surface area contributed by atoms with Crippen LogP contribution in [0, 0.1) is 5.92 Å². The number of halogens is 1. The van der Waals surface area contributed by atoms with Crippen molar-refractivity contribution < 1.29 is 9.53 Å². The van der Waals surface area contributed by atoms with Gasteiger partial charge in [0.2, 0.25) is 0 Å². The van der Waals surface area contributed by atoms with Crippen molar-refractivity contribution in [1.29, 1.82) is 0 Å². The fourth-order valence-electron chi connectivity index (χ4n) is 2.11. The maximum Gasteiger partial charge on any atom is 0.258 e. The van der Waals surface area contributed by atoms with Crippen LogP contribution in [-0.2, 0) is 4.79 Å². The summed E-state index contributed by atoms with van der Waals surface area (Å²) in [4.78, 5) is 11.8. The molecule has 1 fully saturated rings. The molecule has 4 nitrogen and oxygen atoms in total. The summed E-state index contributed by atoms with van der Waals surface area (Å²) in [5.74, 6) is 1.15. The Morgan fingerprint density at radius 2 is 2.21 bits per heavy atom. The lowest BCUT2D eigenvalue weighted by Gasteiger charge is -2.30. The second kappa shape index (κ2) is 6.91. The van der Waals surface area contributed by atoms with Gasteiger partial charge in [0, 0.05) is 17.1 Å². The molecule has 1 amide bonds.